The van der Waals surface area contributed by atoms with Gasteiger partial charge in [-0.2, -0.15) is 0 Å². The molecule has 33 heavy (non-hydrogen) atoms. The minimum Gasteiger partial charge on any atom is -0.490 e. The lowest BCUT2D eigenvalue weighted by Gasteiger charge is -2.16. The Hall–Kier alpha value is -2.77. The van der Waals surface area contributed by atoms with Gasteiger partial charge in [0, 0.05) is 42.8 Å². The molecule has 0 aliphatic carbocycles. The fourth-order valence-corrected chi connectivity index (χ4v) is 3.85. The van der Waals surface area contributed by atoms with Crippen LogP contribution in [-0.2, 0) is 16.1 Å². The molecule has 0 unspecified atom stereocenters. The van der Waals surface area contributed by atoms with Crippen molar-refractivity contribution in [1.82, 2.24) is 10.2 Å². The summed E-state index contributed by atoms with van der Waals surface area (Å²) in [6.45, 7) is 7.18. The highest BCUT2D eigenvalue weighted by Crippen LogP contribution is 2.33. The zero-order valence-electron chi connectivity index (χ0n) is 19.3. The van der Waals surface area contributed by atoms with Gasteiger partial charge in [0.05, 0.1) is 6.61 Å². The lowest BCUT2D eigenvalue weighted by atomic mass is 10.2. The Labute approximate surface area is 200 Å². The number of aryl methyl sites for hydroxylation is 1. The third-order valence-corrected chi connectivity index (χ3v) is 5.73. The third kappa shape index (κ3) is 7.65. The van der Waals surface area contributed by atoms with E-state index in [1.165, 1.54) is 0 Å². The number of nitrogens with one attached hydrogen (secondary N) is 2. The third-order valence-electron chi connectivity index (χ3n) is 5.38. The standard InChI is InChI=1S/C25H32ClN3O4/c1-3-32-22-14-19(16-27-11-5-13-29-12-4-6-25(29)31)21(26)15-23(22)33-17-24(30)28-20-9-7-18(2)8-10-20/h7-10,14-15,27H,3-6,11-13,16-17H2,1-2H3,(H,28,30). The van der Waals surface area contributed by atoms with Gasteiger partial charge in [-0.15, -0.1) is 0 Å². The van der Waals surface area contributed by atoms with E-state index in [4.69, 9.17) is 21.1 Å². The summed E-state index contributed by atoms with van der Waals surface area (Å²) in [6, 6.07) is 11.1. The molecule has 2 aromatic carbocycles. The van der Waals surface area contributed by atoms with Gasteiger partial charge in [-0.05, 0) is 57.0 Å². The first-order chi connectivity index (χ1) is 16.0. The van der Waals surface area contributed by atoms with Crippen LogP contribution in [0.5, 0.6) is 11.5 Å². The molecule has 0 bridgehead atoms. The zero-order valence-corrected chi connectivity index (χ0v) is 20.0. The Morgan fingerprint density at radius 1 is 1.15 bits per heavy atom. The van der Waals surface area contributed by atoms with Crippen LogP contribution < -0.4 is 20.1 Å². The molecule has 3 rings (SSSR count). The van der Waals surface area contributed by atoms with Gasteiger partial charge in [0.25, 0.3) is 5.91 Å². The first-order valence-corrected chi connectivity index (χ1v) is 11.8. The normalized spacial score (nSPS) is 13.3. The Morgan fingerprint density at radius 3 is 2.61 bits per heavy atom. The highest BCUT2D eigenvalue weighted by Gasteiger charge is 2.19. The number of rotatable bonds is 12. The number of benzene rings is 2. The predicted molar refractivity (Wildman–Crippen MR) is 130 cm³/mol. The summed E-state index contributed by atoms with van der Waals surface area (Å²) < 4.78 is 11.4. The number of amides is 2. The number of hydrogen-bond acceptors (Lipinski definition) is 5. The summed E-state index contributed by atoms with van der Waals surface area (Å²) in [6.07, 6.45) is 2.52. The van der Waals surface area contributed by atoms with E-state index in [9.17, 15) is 9.59 Å². The number of likely N-dealkylation sites (tertiary alicyclic amines) is 1. The predicted octanol–water partition coefficient (Wildman–Crippen LogP) is 4.17. The number of anilines is 1. The van der Waals surface area contributed by atoms with Crippen LogP contribution in [0.25, 0.3) is 0 Å². The van der Waals surface area contributed by atoms with Crippen molar-refractivity contribution < 1.29 is 19.1 Å². The van der Waals surface area contributed by atoms with E-state index in [1.54, 1.807) is 6.07 Å². The largest absolute Gasteiger partial charge is 0.490 e. The van der Waals surface area contributed by atoms with Gasteiger partial charge < -0.3 is 25.0 Å². The topological polar surface area (TPSA) is 79.9 Å². The summed E-state index contributed by atoms with van der Waals surface area (Å²) in [5.41, 5.74) is 2.72. The number of nitrogens with zero attached hydrogens (tertiary/aromatic N) is 1. The van der Waals surface area contributed by atoms with E-state index >= 15 is 0 Å². The van der Waals surface area contributed by atoms with Crippen LogP contribution in [0.1, 0.15) is 37.3 Å². The molecule has 1 aliphatic rings. The van der Waals surface area contributed by atoms with Crippen molar-refractivity contribution in [3.63, 3.8) is 0 Å². The summed E-state index contributed by atoms with van der Waals surface area (Å²) >= 11 is 6.47. The minimum atomic E-state index is -0.264. The van der Waals surface area contributed by atoms with Gasteiger partial charge in [-0.25, -0.2) is 0 Å². The molecule has 1 heterocycles. The molecule has 0 radical (unpaired) electrons. The summed E-state index contributed by atoms with van der Waals surface area (Å²) in [5, 5.41) is 6.71. The van der Waals surface area contributed by atoms with Crippen LogP contribution in [0.4, 0.5) is 5.69 Å². The van der Waals surface area contributed by atoms with Crippen molar-refractivity contribution >= 4 is 29.1 Å². The van der Waals surface area contributed by atoms with Gasteiger partial charge in [-0.1, -0.05) is 29.3 Å². The Kier molecular flexibility index (Phi) is 9.39. The van der Waals surface area contributed by atoms with Gasteiger partial charge in [-0.3, -0.25) is 9.59 Å². The zero-order chi connectivity index (χ0) is 23.6. The average molecular weight is 474 g/mol. The number of carbonyl (C=O) groups is 2. The van der Waals surface area contributed by atoms with E-state index < -0.39 is 0 Å². The molecule has 0 saturated carbocycles. The van der Waals surface area contributed by atoms with E-state index in [-0.39, 0.29) is 18.4 Å². The molecular weight excluding hydrogens is 442 g/mol. The maximum absolute atomic E-state index is 12.3. The van der Waals surface area contributed by atoms with Crippen LogP contribution in [0, 0.1) is 6.92 Å². The Bertz CT molecular complexity index is 949. The highest BCUT2D eigenvalue weighted by atomic mass is 35.5. The Balaban J connectivity index is 1.50. The SMILES string of the molecule is CCOc1cc(CNCCCN2CCCC2=O)c(Cl)cc1OCC(=O)Nc1ccc(C)cc1. The number of ether oxygens (including phenoxy) is 2. The van der Waals surface area contributed by atoms with E-state index in [0.717, 1.165) is 43.6 Å². The second-order valence-electron chi connectivity index (χ2n) is 8.04. The van der Waals surface area contributed by atoms with Crippen molar-refractivity contribution in [2.75, 3.05) is 38.2 Å². The molecule has 1 aliphatic heterocycles. The number of carbonyl (C=O) groups excluding carboxylic acids is 2. The minimum absolute atomic E-state index is 0.156. The van der Waals surface area contributed by atoms with Crippen LogP contribution in [0.15, 0.2) is 36.4 Å². The molecule has 178 valence electrons. The van der Waals surface area contributed by atoms with Gasteiger partial charge >= 0.3 is 0 Å². The van der Waals surface area contributed by atoms with Crippen LogP contribution >= 0.6 is 11.6 Å². The summed E-state index contributed by atoms with van der Waals surface area (Å²) in [7, 11) is 0. The van der Waals surface area contributed by atoms with Crippen molar-refractivity contribution in [3.05, 3.63) is 52.5 Å². The maximum atomic E-state index is 12.3. The average Bonchev–Trinajstić information content (AvgIpc) is 3.20. The lowest BCUT2D eigenvalue weighted by molar-refractivity contribution is -0.127. The molecule has 1 fully saturated rings. The molecule has 2 N–H and O–H groups in total. The molecule has 0 atom stereocenters. The molecule has 1 saturated heterocycles. The van der Waals surface area contributed by atoms with Crippen molar-refractivity contribution in [1.29, 1.82) is 0 Å². The summed E-state index contributed by atoms with van der Waals surface area (Å²) in [4.78, 5) is 25.9. The van der Waals surface area contributed by atoms with E-state index in [1.807, 2.05) is 49.1 Å². The highest BCUT2D eigenvalue weighted by molar-refractivity contribution is 6.31. The fourth-order valence-electron chi connectivity index (χ4n) is 3.63. The quantitative estimate of drug-likeness (QED) is 0.452. The molecule has 7 nitrogen and oxygen atoms in total. The van der Waals surface area contributed by atoms with E-state index in [2.05, 4.69) is 10.6 Å². The Morgan fingerprint density at radius 2 is 1.91 bits per heavy atom. The molecule has 8 heteroatoms. The van der Waals surface area contributed by atoms with Gasteiger partial charge in [0.15, 0.2) is 18.1 Å². The summed E-state index contributed by atoms with van der Waals surface area (Å²) in [5.74, 6) is 0.962. The van der Waals surface area contributed by atoms with Crippen molar-refractivity contribution in [2.24, 2.45) is 0 Å². The number of halogens is 1. The first-order valence-electron chi connectivity index (χ1n) is 11.4. The molecule has 0 aromatic heterocycles. The first kappa shape index (κ1) is 24.9. The second kappa shape index (κ2) is 12.5. The van der Waals surface area contributed by atoms with Crippen LogP contribution in [0.2, 0.25) is 5.02 Å². The maximum Gasteiger partial charge on any atom is 0.262 e. The second-order valence-corrected chi connectivity index (χ2v) is 8.45. The smallest absolute Gasteiger partial charge is 0.262 e. The van der Waals surface area contributed by atoms with Gasteiger partial charge in [0.1, 0.15) is 0 Å². The number of hydrogen-bond donors (Lipinski definition) is 2. The monoisotopic (exact) mass is 473 g/mol. The van der Waals surface area contributed by atoms with Crippen LogP contribution in [-0.4, -0.2) is 49.6 Å². The molecule has 0 spiro atoms. The molecular formula is C25H32ClN3O4. The van der Waals surface area contributed by atoms with E-state index in [0.29, 0.717) is 41.8 Å². The van der Waals surface area contributed by atoms with Crippen LogP contribution in [0.3, 0.4) is 0 Å². The fraction of sp³-hybridized carbons (Fsp3) is 0.440. The molecule has 2 aromatic rings. The lowest BCUT2D eigenvalue weighted by Crippen LogP contribution is -2.28. The van der Waals surface area contributed by atoms with Crippen molar-refractivity contribution in [3.8, 4) is 11.5 Å². The molecule has 2 amide bonds. The van der Waals surface area contributed by atoms with Gasteiger partial charge in [0.2, 0.25) is 5.91 Å². The van der Waals surface area contributed by atoms with Crippen molar-refractivity contribution in [2.45, 2.75) is 39.7 Å².